The lowest BCUT2D eigenvalue weighted by Crippen LogP contribution is -2.32. The fraction of sp³-hybridized carbons (Fsp3) is 0.571. The monoisotopic (exact) mass is 235 g/mol. The van der Waals surface area contributed by atoms with Gasteiger partial charge in [0.1, 0.15) is 0 Å². The van der Waals surface area contributed by atoms with E-state index in [1.54, 1.807) is 0 Å². The summed E-state index contributed by atoms with van der Waals surface area (Å²) >= 11 is 0. The van der Waals surface area contributed by atoms with Crippen LogP contribution < -0.4 is 4.90 Å². The molecule has 1 aromatic rings. The lowest BCUT2D eigenvalue weighted by molar-refractivity contribution is 0.115. The van der Waals surface area contributed by atoms with Crippen molar-refractivity contribution in [3.63, 3.8) is 0 Å². The third-order valence-corrected chi connectivity index (χ3v) is 3.33. The number of hydrogen-bond acceptors (Lipinski definition) is 3. The van der Waals surface area contributed by atoms with Crippen LogP contribution in [-0.4, -0.2) is 30.9 Å². The van der Waals surface area contributed by atoms with E-state index in [1.807, 2.05) is 18.2 Å². The molecule has 1 aliphatic rings. The van der Waals surface area contributed by atoms with Crippen molar-refractivity contribution in [3.8, 4) is 0 Å². The van der Waals surface area contributed by atoms with Crippen molar-refractivity contribution >= 4 is 5.69 Å². The van der Waals surface area contributed by atoms with Crippen molar-refractivity contribution < 1.29 is 9.84 Å². The quantitative estimate of drug-likeness (QED) is 0.849. The van der Waals surface area contributed by atoms with E-state index in [0.29, 0.717) is 6.10 Å². The summed E-state index contributed by atoms with van der Waals surface area (Å²) < 4.78 is 5.68. The van der Waals surface area contributed by atoms with Gasteiger partial charge < -0.3 is 14.7 Å². The van der Waals surface area contributed by atoms with Crippen LogP contribution >= 0.6 is 0 Å². The van der Waals surface area contributed by atoms with E-state index in [4.69, 9.17) is 4.74 Å². The molecule has 3 heteroatoms. The Labute approximate surface area is 103 Å². The molecular formula is C14H21NO2. The van der Waals surface area contributed by atoms with E-state index in [2.05, 4.69) is 17.9 Å². The van der Waals surface area contributed by atoms with Crippen molar-refractivity contribution in [2.24, 2.45) is 0 Å². The first-order valence-electron chi connectivity index (χ1n) is 6.40. The molecular weight excluding hydrogens is 214 g/mol. The number of likely N-dealkylation sites (N-methyl/N-ethyl adjacent to an activating group) is 1. The van der Waals surface area contributed by atoms with Gasteiger partial charge in [-0.15, -0.1) is 0 Å². The number of hydrogen-bond donors (Lipinski definition) is 1. The molecule has 1 aromatic carbocycles. The largest absolute Gasteiger partial charge is 0.392 e. The summed E-state index contributed by atoms with van der Waals surface area (Å²) in [5.41, 5.74) is 2.13. The standard InChI is InChI=1S/C14H21NO2/c1-2-15(10-13-7-5-9-17-13)14-8-4-3-6-12(14)11-16/h3-4,6,8,13,16H,2,5,7,9-11H2,1H3. The third kappa shape index (κ3) is 2.99. The predicted octanol–water partition coefficient (Wildman–Crippen LogP) is 2.18. The van der Waals surface area contributed by atoms with Crippen LogP contribution in [0.5, 0.6) is 0 Å². The zero-order valence-corrected chi connectivity index (χ0v) is 10.4. The first-order chi connectivity index (χ1) is 8.35. The highest BCUT2D eigenvalue weighted by Gasteiger charge is 2.19. The maximum absolute atomic E-state index is 9.37. The van der Waals surface area contributed by atoms with Crippen LogP contribution in [-0.2, 0) is 11.3 Å². The Kier molecular flexibility index (Phi) is 4.40. The van der Waals surface area contributed by atoms with Gasteiger partial charge in [-0.1, -0.05) is 18.2 Å². The second-order valence-corrected chi connectivity index (χ2v) is 4.46. The summed E-state index contributed by atoms with van der Waals surface area (Å²) in [4.78, 5) is 2.29. The Balaban J connectivity index is 2.10. The number of aliphatic hydroxyl groups excluding tert-OH is 1. The number of nitrogens with zero attached hydrogens (tertiary/aromatic N) is 1. The Morgan fingerprint density at radius 3 is 2.88 bits per heavy atom. The summed E-state index contributed by atoms with van der Waals surface area (Å²) in [5, 5.41) is 9.37. The van der Waals surface area contributed by atoms with Crippen LogP contribution in [0.3, 0.4) is 0 Å². The molecule has 1 atom stereocenters. The lowest BCUT2D eigenvalue weighted by atomic mass is 10.1. The summed E-state index contributed by atoms with van der Waals surface area (Å²) in [5.74, 6) is 0. The molecule has 0 radical (unpaired) electrons. The number of aliphatic hydroxyl groups is 1. The smallest absolute Gasteiger partial charge is 0.0750 e. The average molecular weight is 235 g/mol. The van der Waals surface area contributed by atoms with Gasteiger partial charge in [0.15, 0.2) is 0 Å². The number of ether oxygens (including phenoxy) is 1. The molecule has 1 unspecified atom stereocenters. The molecule has 0 spiro atoms. The van der Waals surface area contributed by atoms with E-state index in [-0.39, 0.29) is 6.61 Å². The second-order valence-electron chi connectivity index (χ2n) is 4.46. The fourth-order valence-corrected chi connectivity index (χ4v) is 2.38. The minimum Gasteiger partial charge on any atom is -0.392 e. The minimum absolute atomic E-state index is 0.0954. The molecule has 0 aliphatic carbocycles. The fourth-order valence-electron chi connectivity index (χ4n) is 2.38. The molecule has 1 heterocycles. The maximum atomic E-state index is 9.37. The van der Waals surface area contributed by atoms with Crippen molar-refractivity contribution in [1.29, 1.82) is 0 Å². The number of rotatable bonds is 5. The molecule has 0 amide bonds. The Morgan fingerprint density at radius 1 is 1.41 bits per heavy atom. The van der Waals surface area contributed by atoms with Gasteiger partial charge in [0.2, 0.25) is 0 Å². The van der Waals surface area contributed by atoms with E-state index >= 15 is 0 Å². The number of para-hydroxylation sites is 1. The van der Waals surface area contributed by atoms with E-state index < -0.39 is 0 Å². The van der Waals surface area contributed by atoms with Crippen molar-refractivity contribution in [2.75, 3.05) is 24.6 Å². The summed E-state index contributed by atoms with van der Waals surface area (Å²) in [6.07, 6.45) is 2.67. The maximum Gasteiger partial charge on any atom is 0.0750 e. The minimum atomic E-state index is 0.0954. The first-order valence-corrected chi connectivity index (χ1v) is 6.40. The summed E-state index contributed by atoms with van der Waals surface area (Å²) in [6.45, 7) is 5.00. The zero-order chi connectivity index (χ0) is 12.1. The van der Waals surface area contributed by atoms with E-state index in [0.717, 1.165) is 37.4 Å². The third-order valence-electron chi connectivity index (χ3n) is 3.33. The predicted molar refractivity (Wildman–Crippen MR) is 69.2 cm³/mol. The van der Waals surface area contributed by atoms with Crippen LogP contribution in [0, 0.1) is 0 Å². The van der Waals surface area contributed by atoms with Gasteiger partial charge in [0.05, 0.1) is 12.7 Å². The molecule has 3 nitrogen and oxygen atoms in total. The van der Waals surface area contributed by atoms with Crippen LogP contribution in [0.2, 0.25) is 0 Å². The molecule has 1 N–H and O–H groups in total. The average Bonchev–Trinajstić information content (AvgIpc) is 2.89. The van der Waals surface area contributed by atoms with Gasteiger partial charge in [0.25, 0.3) is 0 Å². The van der Waals surface area contributed by atoms with Crippen LogP contribution in [0.25, 0.3) is 0 Å². The summed E-state index contributed by atoms with van der Waals surface area (Å²) in [6, 6.07) is 8.04. The van der Waals surface area contributed by atoms with Crippen molar-refractivity contribution in [1.82, 2.24) is 0 Å². The van der Waals surface area contributed by atoms with Gasteiger partial charge in [-0.2, -0.15) is 0 Å². The molecule has 1 saturated heterocycles. The van der Waals surface area contributed by atoms with Gasteiger partial charge in [-0.3, -0.25) is 0 Å². The van der Waals surface area contributed by atoms with Gasteiger partial charge >= 0.3 is 0 Å². The van der Waals surface area contributed by atoms with Gasteiger partial charge in [-0.25, -0.2) is 0 Å². The summed E-state index contributed by atoms with van der Waals surface area (Å²) in [7, 11) is 0. The molecule has 0 saturated carbocycles. The molecule has 0 aromatic heterocycles. The van der Waals surface area contributed by atoms with Crippen LogP contribution in [0.15, 0.2) is 24.3 Å². The SMILES string of the molecule is CCN(CC1CCCO1)c1ccccc1CO. The molecule has 0 bridgehead atoms. The zero-order valence-electron chi connectivity index (χ0n) is 10.4. The Morgan fingerprint density at radius 2 is 2.24 bits per heavy atom. The highest BCUT2D eigenvalue weighted by Crippen LogP contribution is 2.22. The molecule has 2 rings (SSSR count). The van der Waals surface area contributed by atoms with Gasteiger partial charge in [0, 0.05) is 30.9 Å². The molecule has 1 fully saturated rings. The highest BCUT2D eigenvalue weighted by atomic mass is 16.5. The molecule has 17 heavy (non-hydrogen) atoms. The Hall–Kier alpha value is -1.06. The van der Waals surface area contributed by atoms with Crippen LogP contribution in [0.1, 0.15) is 25.3 Å². The number of anilines is 1. The highest BCUT2D eigenvalue weighted by molar-refractivity contribution is 5.53. The van der Waals surface area contributed by atoms with Gasteiger partial charge in [-0.05, 0) is 25.8 Å². The second kappa shape index (κ2) is 6.03. The lowest BCUT2D eigenvalue weighted by Gasteiger charge is -2.27. The Bertz CT molecular complexity index is 348. The van der Waals surface area contributed by atoms with Crippen molar-refractivity contribution in [2.45, 2.75) is 32.5 Å². The number of benzene rings is 1. The van der Waals surface area contributed by atoms with E-state index in [9.17, 15) is 5.11 Å². The van der Waals surface area contributed by atoms with Crippen LogP contribution in [0.4, 0.5) is 5.69 Å². The molecule has 1 aliphatic heterocycles. The van der Waals surface area contributed by atoms with E-state index in [1.165, 1.54) is 6.42 Å². The molecule has 94 valence electrons. The topological polar surface area (TPSA) is 32.7 Å². The van der Waals surface area contributed by atoms with Crippen molar-refractivity contribution in [3.05, 3.63) is 29.8 Å². The first kappa shape index (κ1) is 12.4. The normalized spacial score (nSPS) is 19.5.